The summed E-state index contributed by atoms with van der Waals surface area (Å²) in [6, 6.07) is 20.6. The van der Waals surface area contributed by atoms with E-state index in [2.05, 4.69) is 5.32 Å². The molecule has 0 saturated carbocycles. The van der Waals surface area contributed by atoms with Crippen LogP contribution < -0.4 is 15.5 Å². The predicted octanol–water partition coefficient (Wildman–Crippen LogP) is 5.33. The number of rotatable bonds is 9. The number of furan rings is 1. The van der Waals surface area contributed by atoms with E-state index < -0.39 is 0 Å². The SMILES string of the molecule is O=C(NCCOc1ccc(C(=S)NO)cc1)c1oc2ccccc2c1CSc1ccc(F)cc1. The fourth-order valence-corrected chi connectivity index (χ4v) is 4.35. The lowest BCUT2D eigenvalue weighted by Gasteiger charge is -2.09. The Morgan fingerprint density at radius 2 is 1.79 bits per heavy atom. The van der Waals surface area contributed by atoms with Crippen LogP contribution in [0.25, 0.3) is 11.0 Å². The number of hydroxylamine groups is 1. The first-order valence-electron chi connectivity index (χ1n) is 10.4. The average molecular weight is 497 g/mol. The average Bonchev–Trinajstić information content (AvgIpc) is 3.25. The third-order valence-electron chi connectivity index (χ3n) is 4.98. The van der Waals surface area contributed by atoms with Crippen LogP contribution in [0.3, 0.4) is 0 Å². The predicted molar refractivity (Wildman–Crippen MR) is 133 cm³/mol. The fourth-order valence-electron chi connectivity index (χ4n) is 3.29. The van der Waals surface area contributed by atoms with Crippen LogP contribution in [-0.2, 0) is 5.75 Å². The normalized spacial score (nSPS) is 10.8. The number of thioether (sulfide) groups is 1. The fraction of sp³-hybridized carbons (Fsp3) is 0.120. The first-order chi connectivity index (χ1) is 16.5. The molecule has 0 aliphatic carbocycles. The van der Waals surface area contributed by atoms with Crippen molar-refractivity contribution in [2.45, 2.75) is 10.6 Å². The van der Waals surface area contributed by atoms with Gasteiger partial charge in [0.25, 0.3) is 5.91 Å². The van der Waals surface area contributed by atoms with Crippen LogP contribution in [0.2, 0.25) is 0 Å². The van der Waals surface area contributed by atoms with Crippen LogP contribution >= 0.6 is 24.0 Å². The molecule has 0 fully saturated rings. The van der Waals surface area contributed by atoms with E-state index in [0.717, 1.165) is 15.8 Å². The maximum Gasteiger partial charge on any atom is 0.287 e. The van der Waals surface area contributed by atoms with Crippen LogP contribution in [0.15, 0.2) is 82.1 Å². The van der Waals surface area contributed by atoms with Crippen molar-refractivity contribution in [2.75, 3.05) is 13.2 Å². The second-order valence-electron chi connectivity index (χ2n) is 7.22. The molecule has 6 nitrogen and oxygen atoms in total. The lowest BCUT2D eigenvalue weighted by atomic mass is 10.1. The van der Waals surface area contributed by atoms with Gasteiger partial charge in [-0.15, -0.1) is 11.8 Å². The molecule has 0 saturated heterocycles. The Balaban J connectivity index is 1.38. The second kappa shape index (κ2) is 11.1. The molecular formula is C25H21FN2O4S2. The van der Waals surface area contributed by atoms with Gasteiger partial charge >= 0.3 is 0 Å². The molecule has 34 heavy (non-hydrogen) atoms. The van der Waals surface area contributed by atoms with Gasteiger partial charge in [-0.1, -0.05) is 30.4 Å². The highest BCUT2D eigenvalue weighted by molar-refractivity contribution is 7.98. The number of benzene rings is 3. The molecule has 0 radical (unpaired) electrons. The number of ether oxygens (including phenoxy) is 1. The minimum Gasteiger partial charge on any atom is -0.492 e. The number of halogens is 1. The summed E-state index contributed by atoms with van der Waals surface area (Å²) < 4.78 is 24.7. The molecule has 0 spiro atoms. The summed E-state index contributed by atoms with van der Waals surface area (Å²) in [5.41, 5.74) is 4.01. The number of para-hydroxylation sites is 1. The summed E-state index contributed by atoms with van der Waals surface area (Å²) in [5, 5.41) is 12.6. The van der Waals surface area contributed by atoms with Crippen molar-refractivity contribution in [3.05, 3.63) is 95.5 Å². The van der Waals surface area contributed by atoms with Crippen molar-refractivity contribution in [2.24, 2.45) is 0 Å². The van der Waals surface area contributed by atoms with Crippen molar-refractivity contribution in [3.63, 3.8) is 0 Å². The third kappa shape index (κ3) is 5.74. The lowest BCUT2D eigenvalue weighted by Crippen LogP contribution is -2.28. The van der Waals surface area contributed by atoms with Gasteiger partial charge < -0.3 is 14.5 Å². The number of amides is 1. The van der Waals surface area contributed by atoms with E-state index >= 15 is 0 Å². The van der Waals surface area contributed by atoms with Crippen molar-refractivity contribution < 1.29 is 23.5 Å². The molecule has 0 aliphatic heterocycles. The summed E-state index contributed by atoms with van der Waals surface area (Å²) in [5.74, 6) is 0.744. The number of thiocarbonyl (C=S) groups is 1. The van der Waals surface area contributed by atoms with E-state index in [1.807, 2.05) is 29.7 Å². The molecule has 3 aromatic carbocycles. The zero-order valence-electron chi connectivity index (χ0n) is 17.9. The molecule has 0 bridgehead atoms. The highest BCUT2D eigenvalue weighted by Gasteiger charge is 2.20. The Bertz CT molecular complexity index is 1290. The third-order valence-corrected chi connectivity index (χ3v) is 6.34. The smallest absolute Gasteiger partial charge is 0.287 e. The van der Waals surface area contributed by atoms with E-state index in [1.54, 1.807) is 36.4 Å². The van der Waals surface area contributed by atoms with Gasteiger partial charge in [-0.05, 0) is 54.6 Å². The number of nitrogens with one attached hydrogen (secondary N) is 2. The largest absolute Gasteiger partial charge is 0.492 e. The summed E-state index contributed by atoms with van der Waals surface area (Å²) in [4.78, 5) is 14.0. The second-order valence-corrected chi connectivity index (χ2v) is 8.68. The van der Waals surface area contributed by atoms with Crippen LogP contribution in [-0.4, -0.2) is 29.3 Å². The first-order valence-corrected chi connectivity index (χ1v) is 11.8. The summed E-state index contributed by atoms with van der Waals surface area (Å²) >= 11 is 6.46. The van der Waals surface area contributed by atoms with E-state index in [9.17, 15) is 9.18 Å². The maximum absolute atomic E-state index is 13.2. The molecule has 0 unspecified atom stereocenters. The summed E-state index contributed by atoms with van der Waals surface area (Å²) in [6.07, 6.45) is 0. The molecule has 1 heterocycles. The molecule has 4 rings (SSSR count). The topological polar surface area (TPSA) is 83.7 Å². The van der Waals surface area contributed by atoms with E-state index in [1.165, 1.54) is 23.9 Å². The van der Waals surface area contributed by atoms with E-state index in [0.29, 0.717) is 22.6 Å². The standard InChI is InChI=1S/C25H21FN2O4S2/c26-17-7-11-19(12-8-17)34-15-21-20-3-1-2-4-22(20)32-23(21)24(29)27-13-14-31-18-9-5-16(6-10-18)25(33)28-30/h1-12,30H,13-15H2,(H,27,29)(H,28,33). The monoisotopic (exact) mass is 496 g/mol. The Morgan fingerprint density at radius 3 is 2.53 bits per heavy atom. The highest BCUT2D eigenvalue weighted by Crippen LogP contribution is 2.32. The Hall–Kier alpha value is -3.40. The zero-order valence-corrected chi connectivity index (χ0v) is 19.5. The molecule has 3 N–H and O–H groups in total. The molecule has 4 aromatic rings. The molecule has 1 amide bonds. The Labute approximate surface area is 205 Å². The molecule has 1 aromatic heterocycles. The molecule has 0 aliphatic rings. The van der Waals surface area contributed by atoms with Gasteiger partial charge in [0.15, 0.2) is 5.76 Å². The summed E-state index contributed by atoms with van der Waals surface area (Å²) in [6.45, 7) is 0.534. The minimum atomic E-state index is -0.329. The maximum atomic E-state index is 13.2. The number of carbonyl (C=O) groups is 1. The van der Waals surface area contributed by atoms with Crippen molar-refractivity contribution in [3.8, 4) is 5.75 Å². The quantitative estimate of drug-likeness (QED) is 0.125. The van der Waals surface area contributed by atoms with Gasteiger partial charge in [-0.25, -0.2) is 4.39 Å². The van der Waals surface area contributed by atoms with Gasteiger partial charge in [0.2, 0.25) is 0 Å². The van der Waals surface area contributed by atoms with E-state index in [-0.39, 0.29) is 35.6 Å². The van der Waals surface area contributed by atoms with Crippen molar-refractivity contribution >= 4 is 45.8 Å². The number of fused-ring (bicyclic) bond motifs is 1. The van der Waals surface area contributed by atoms with Gasteiger partial charge in [0, 0.05) is 27.2 Å². The van der Waals surface area contributed by atoms with Gasteiger partial charge in [0.05, 0.1) is 6.54 Å². The zero-order chi connectivity index (χ0) is 23.9. The van der Waals surface area contributed by atoms with Gasteiger partial charge in [0.1, 0.15) is 28.7 Å². The number of hydrogen-bond donors (Lipinski definition) is 3. The van der Waals surface area contributed by atoms with Crippen LogP contribution in [0, 0.1) is 5.82 Å². The molecule has 0 atom stereocenters. The van der Waals surface area contributed by atoms with Crippen LogP contribution in [0.5, 0.6) is 5.75 Å². The highest BCUT2D eigenvalue weighted by atomic mass is 32.2. The van der Waals surface area contributed by atoms with E-state index in [4.69, 9.17) is 26.6 Å². The molecular weight excluding hydrogens is 475 g/mol. The van der Waals surface area contributed by atoms with Gasteiger partial charge in [-0.3, -0.25) is 15.5 Å². The van der Waals surface area contributed by atoms with Crippen molar-refractivity contribution in [1.29, 1.82) is 0 Å². The Morgan fingerprint density at radius 1 is 1.06 bits per heavy atom. The molecule has 9 heteroatoms. The summed E-state index contributed by atoms with van der Waals surface area (Å²) in [7, 11) is 0. The minimum absolute atomic E-state index is 0.220. The molecule has 174 valence electrons. The Kier molecular flexibility index (Phi) is 7.79. The first kappa shape index (κ1) is 23.7. The lowest BCUT2D eigenvalue weighted by molar-refractivity contribution is 0.0920. The number of hydrogen-bond acceptors (Lipinski definition) is 6. The van der Waals surface area contributed by atoms with Crippen LogP contribution in [0.1, 0.15) is 21.7 Å². The van der Waals surface area contributed by atoms with Crippen molar-refractivity contribution in [1.82, 2.24) is 10.8 Å². The van der Waals surface area contributed by atoms with Crippen LogP contribution in [0.4, 0.5) is 4.39 Å². The van der Waals surface area contributed by atoms with Gasteiger partial charge in [-0.2, -0.15) is 0 Å². The number of carbonyl (C=O) groups excluding carboxylic acids is 1.